The van der Waals surface area contributed by atoms with Crippen molar-refractivity contribution in [3.05, 3.63) is 95.8 Å². The van der Waals surface area contributed by atoms with Crippen LogP contribution in [0.3, 0.4) is 0 Å². The second-order valence-electron chi connectivity index (χ2n) is 10.4. The van der Waals surface area contributed by atoms with Crippen molar-refractivity contribution in [1.82, 2.24) is 14.5 Å². The van der Waals surface area contributed by atoms with E-state index in [-0.39, 0.29) is 17.4 Å². The molecule has 0 aliphatic carbocycles. The van der Waals surface area contributed by atoms with E-state index in [2.05, 4.69) is 16.9 Å². The Kier molecular flexibility index (Phi) is 5.82. The zero-order valence-electron chi connectivity index (χ0n) is 20.6. The first-order valence-corrected chi connectivity index (χ1v) is 12.6. The number of carbonyl (C=O) groups excluding carboxylic acids is 1. The summed E-state index contributed by atoms with van der Waals surface area (Å²) >= 11 is 0. The Hall–Kier alpha value is -3.94. The molecule has 190 valence electrons. The Morgan fingerprint density at radius 2 is 1.92 bits per heavy atom. The molecule has 4 aromatic rings. The Bertz CT molecular complexity index is 1450. The highest BCUT2D eigenvalue weighted by atomic mass is 19.1. The van der Waals surface area contributed by atoms with Gasteiger partial charge in [0.15, 0.2) is 0 Å². The van der Waals surface area contributed by atoms with Gasteiger partial charge in [0.25, 0.3) is 5.91 Å². The molecule has 0 bridgehead atoms. The Morgan fingerprint density at radius 1 is 1.11 bits per heavy atom. The van der Waals surface area contributed by atoms with Crippen LogP contribution in [0, 0.1) is 17.0 Å². The number of anilines is 1. The summed E-state index contributed by atoms with van der Waals surface area (Å²) in [6.07, 6.45) is 5.01. The summed E-state index contributed by atoms with van der Waals surface area (Å²) < 4.78 is 36.1. The molecule has 6 nitrogen and oxygen atoms in total. The molecule has 1 atom stereocenters. The SMILES string of the molecule is CC1(COc2ccccc2)CN(C(=O)c2cnn3ccc(N4CCC[C@@H]4c4cc(F)ccc4F)cc23)C1. The number of hydrogen-bond donors (Lipinski definition) is 0. The normalized spacial score (nSPS) is 18.7. The second-order valence-corrected chi connectivity index (χ2v) is 10.4. The van der Waals surface area contributed by atoms with Crippen molar-refractivity contribution in [2.24, 2.45) is 5.41 Å². The van der Waals surface area contributed by atoms with E-state index in [1.54, 1.807) is 10.7 Å². The molecule has 4 heterocycles. The minimum atomic E-state index is -0.446. The first-order chi connectivity index (χ1) is 17.9. The second kappa shape index (κ2) is 9.18. The highest BCUT2D eigenvalue weighted by molar-refractivity contribution is 6.01. The molecule has 2 aromatic carbocycles. The van der Waals surface area contributed by atoms with E-state index in [9.17, 15) is 13.6 Å². The van der Waals surface area contributed by atoms with Gasteiger partial charge in [0.1, 0.15) is 17.4 Å². The lowest BCUT2D eigenvalue weighted by atomic mass is 9.82. The van der Waals surface area contributed by atoms with Crippen LogP contribution in [0.4, 0.5) is 14.5 Å². The Morgan fingerprint density at radius 3 is 2.73 bits per heavy atom. The molecule has 37 heavy (non-hydrogen) atoms. The molecule has 0 saturated carbocycles. The fourth-order valence-corrected chi connectivity index (χ4v) is 5.54. The zero-order valence-corrected chi connectivity index (χ0v) is 20.6. The number of para-hydroxylation sites is 1. The lowest BCUT2D eigenvalue weighted by molar-refractivity contribution is -0.00897. The van der Waals surface area contributed by atoms with Gasteiger partial charge in [-0.15, -0.1) is 0 Å². The number of amides is 1. The number of carbonyl (C=O) groups is 1. The molecule has 2 aromatic heterocycles. The standard InChI is InChI=1S/C29H28F2N4O2/c1-29(19-37-22-6-3-2-4-7-22)17-33(18-29)28(36)24-16-32-35-13-11-21(15-27(24)35)34-12-5-8-26(34)23-14-20(30)9-10-25(23)31/h2-4,6-7,9-11,13-16,26H,5,8,12,17-19H2,1H3/t26-/m1/s1. The maximum Gasteiger partial charge on any atom is 0.257 e. The van der Waals surface area contributed by atoms with Crippen LogP contribution in [0.1, 0.15) is 41.7 Å². The molecule has 0 N–H and O–H groups in total. The molecule has 0 spiro atoms. The van der Waals surface area contributed by atoms with E-state index >= 15 is 0 Å². The topological polar surface area (TPSA) is 50.1 Å². The van der Waals surface area contributed by atoms with Crippen molar-refractivity contribution >= 4 is 17.1 Å². The van der Waals surface area contributed by atoms with Crippen molar-refractivity contribution in [3.63, 3.8) is 0 Å². The van der Waals surface area contributed by atoms with Crippen LogP contribution in [0.25, 0.3) is 5.52 Å². The Balaban J connectivity index is 1.20. The quantitative estimate of drug-likeness (QED) is 0.350. The van der Waals surface area contributed by atoms with Crippen molar-refractivity contribution in [2.45, 2.75) is 25.8 Å². The van der Waals surface area contributed by atoms with E-state index in [0.29, 0.717) is 36.3 Å². The summed E-state index contributed by atoms with van der Waals surface area (Å²) in [6.45, 7) is 4.57. The monoisotopic (exact) mass is 502 g/mol. The number of aromatic nitrogens is 2. The minimum absolute atomic E-state index is 0.0708. The Labute approximate surface area is 214 Å². The number of likely N-dealkylation sites (tertiary alicyclic amines) is 1. The van der Waals surface area contributed by atoms with Crippen LogP contribution in [0.15, 0.2) is 73.1 Å². The first-order valence-electron chi connectivity index (χ1n) is 12.6. The number of rotatable bonds is 6. The van der Waals surface area contributed by atoms with Crippen LogP contribution in [-0.2, 0) is 0 Å². The van der Waals surface area contributed by atoms with Gasteiger partial charge in [-0.25, -0.2) is 13.3 Å². The molecule has 6 rings (SSSR count). The number of ether oxygens (including phenoxy) is 1. The molecular formula is C29H28F2N4O2. The molecular weight excluding hydrogens is 474 g/mol. The highest BCUT2D eigenvalue weighted by Gasteiger charge is 2.43. The number of pyridine rings is 1. The van der Waals surface area contributed by atoms with Gasteiger partial charge in [-0.3, -0.25) is 4.79 Å². The van der Waals surface area contributed by atoms with E-state index in [1.165, 1.54) is 12.1 Å². The van der Waals surface area contributed by atoms with E-state index < -0.39 is 11.6 Å². The van der Waals surface area contributed by atoms with Gasteiger partial charge in [-0.2, -0.15) is 5.10 Å². The highest BCUT2D eigenvalue weighted by Crippen LogP contribution is 2.38. The third kappa shape index (κ3) is 4.41. The van der Waals surface area contributed by atoms with Crippen LogP contribution in [0.2, 0.25) is 0 Å². The summed E-state index contributed by atoms with van der Waals surface area (Å²) in [5.74, 6) is -0.102. The van der Waals surface area contributed by atoms with Crippen molar-refractivity contribution in [3.8, 4) is 5.75 Å². The van der Waals surface area contributed by atoms with Gasteiger partial charge < -0.3 is 14.5 Å². The minimum Gasteiger partial charge on any atom is -0.493 e. The van der Waals surface area contributed by atoms with Crippen molar-refractivity contribution < 1.29 is 18.3 Å². The van der Waals surface area contributed by atoms with Crippen LogP contribution < -0.4 is 9.64 Å². The lowest BCUT2D eigenvalue weighted by Crippen LogP contribution is -2.59. The predicted molar refractivity (Wildman–Crippen MR) is 137 cm³/mol. The van der Waals surface area contributed by atoms with Crippen molar-refractivity contribution in [2.75, 3.05) is 31.1 Å². The molecule has 2 fully saturated rings. The molecule has 8 heteroatoms. The number of fused-ring (bicyclic) bond motifs is 1. The fourth-order valence-electron chi connectivity index (χ4n) is 5.54. The summed E-state index contributed by atoms with van der Waals surface area (Å²) in [5, 5.41) is 4.38. The van der Waals surface area contributed by atoms with Gasteiger partial charge in [0.05, 0.1) is 29.9 Å². The maximum absolute atomic E-state index is 14.6. The van der Waals surface area contributed by atoms with Gasteiger partial charge in [0, 0.05) is 42.5 Å². The smallest absolute Gasteiger partial charge is 0.257 e. The number of hydrogen-bond acceptors (Lipinski definition) is 4. The molecule has 0 unspecified atom stereocenters. The molecule has 2 aliphatic heterocycles. The summed E-state index contributed by atoms with van der Waals surface area (Å²) in [5.41, 5.74) is 2.33. The predicted octanol–water partition coefficient (Wildman–Crippen LogP) is 5.50. The third-order valence-corrected chi connectivity index (χ3v) is 7.40. The summed E-state index contributed by atoms with van der Waals surface area (Å²) in [6, 6.07) is 16.9. The van der Waals surface area contributed by atoms with E-state index in [4.69, 9.17) is 4.74 Å². The van der Waals surface area contributed by atoms with Crippen LogP contribution >= 0.6 is 0 Å². The summed E-state index contributed by atoms with van der Waals surface area (Å²) in [4.78, 5) is 17.3. The molecule has 2 aliphatic rings. The number of benzene rings is 2. The largest absolute Gasteiger partial charge is 0.493 e. The van der Waals surface area contributed by atoms with E-state index in [1.807, 2.05) is 53.6 Å². The number of nitrogens with zero attached hydrogens (tertiary/aromatic N) is 4. The first kappa shape index (κ1) is 23.5. The third-order valence-electron chi connectivity index (χ3n) is 7.40. The van der Waals surface area contributed by atoms with Crippen LogP contribution in [0.5, 0.6) is 5.75 Å². The van der Waals surface area contributed by atoms with Gasteiger partial charge in [-0.05, 0) is 55.3 Å². The average molecular weight is 503 g/mol. The number of halogens is 2. The van der Waals surface area contributed by atoms with Gasteiger partial charge >= 0.3 is 0 Å². The molecule has 1 amide bonds. The average Bonchev–Trinajstić information content (AvgIpc) is 3.54. The maximum atomic E-state index is 14.6. The van der Waals surface area contributed by atoms with E-state index in [0.717, 1.165) is 36.9 Å². The van der Waals surface area contributed by atoms with Gasteiger partial charge in [0.2, 0.25) is 0 Å². The fraction of sp³-hybridized carbons (Fsp3) is 0.310. The zero-order chi connectivity index (χ0) is 25.6. The lowest BCUT2D eigenvalue weighted by Gasteiger charge is -2.47. The summed E-state index contributed by atoms with van der Waals surface area (Å²) in [7, 11) is 0. The molecule has 0 radical (unpaired) electrons. The van der Waals surface area contributed by atoms with Crippen LogP contribution in [-0.4, -0.2) is 46.7 Å². The van der Waals surface area contributed by atoms with Gasteiger partial charge in [-0.1, -0.05) is 25.1 Å². The molecule has 2 saturated heterocycles. The van der Waals surface area contributed by atoms with Crippen molar-refractivity contribution in [1.29, 1.82) is 0 Å².